The minimum Gasteiger partial charge on any atom is -0.497 e. The SMILES string of the molecule is CCOC(=O)C1CCN(C(=O)[C@H]2COC3(CCN(C(=O)Cc4ccccc4)CC3)N2C(=O)c2ccc(OC)cc2)CC1. The number of carbonyl (C=O) groups is 4. The van der Waals surface area contributed by atoms with Gasteiger partial charge in [0.1, 0.15) is 17.5 Å². The van der Waals surface area contributed by atoms with Crippen LogP contribution in [-0.4, -0.2) is 96.7 Å². The summed E-state index contributed by atoms with van der Waals surface area (Å²) in [4.78, 5) is 58.4. The highest BCUT2D eigenvalue weighted by atomic mass is 16.5. The first-order chi connectivity index (χ1) is 20.3. The summed E-state index contributed by atoms with van der Waals surface area (Å²) < 4.78 is 16.8. The number of carbonyl (C=O) groups excluding carboxylic acids is 4. The van der Waals surface area contributed by atoms with E-state index >= 15 is 0 Å². The van der Waals surface area contributed by atoms with E-state index in [0.717, 1.165) is 5.56 Å². The number of amides is 3. The van der Waals surface area contributed by atoms with E-state index in [2.05, 4.69) is 0 Å². The van der Waals surface area contributed by atoms with Gasteiger partial charge in [0.25, 0.3) is 5.91 Å². The van der Waals surface area contributed by atoms with Crippen LogP contribution in [0, 0.1) is 5.92 Å². The molecule has 42 heavy (non-hydrogen) atoms. The summed E-state index contributed by atoms with van der Waals surface area (Å²) in [6, 6.07) is 15.6. The molecule has 2 aromatic carbocycles. The molecule has 5 rings (SSSR count). The molecule has 0 saturated carbocycles. The van der Waals surface area contributed by atoms with E-state index in [-0.39, 0.29) is 36.2 Å². The van der Waals surface area contributed by atoms with E-state index in [0.29, 0.717) is 76.2 Å². The van der Waals surface area contributed by atoms with Crippen LogP contribution in [0.5, 0.6) is 5.75 Å². The number of hydrogen-bond donors (Lipinski definition) is 0. The summed E-state index contributed by atoms with van der Waals surface area (Å²) in [6.07, 6.45) is 2.17. The van der Waals surface area contributed by atoms with Gasteiger partial charge < -0.3 is 24.0 Å². The molecular weight excluding hydrogens is 538 g/mol. The highest BCUT2D eigenvalue weighted by Crippen LogP contribution is 2.39. The Labute approximate surface area is 246 Å². The van der Waals surface area contributed by atoms with Crippen LogP contribution in [0.2, 0.25) is 0 Å². The molecule has 3 fully saturated rings. The molecule has 0 unspecified atom stereocenters. The minimum atomic E-state index is -0.996. The van der Waals surface area contributed by atoms with Gasteiger partial charge in [0.2, 0.25) is 11.8 Å². The fourth-order valence-corrected chi connectivity index (χ4v) is 6.22. The van der Waals surface area contributed by atoms with Crippen molar-refractivity contribution in [3.8, 4) is 5.75 Å². The predicted molar refractivity (Wildman–Crippen MR) is 154 cm³/mol. The van der Waals surface area contributed by atoms with Crippen LogP contribution in [0.3, 0.4) is 0 Å². The number of likely N-dealkylation sites (tertiary alicyclic amines) is 2. The summed E-state index contributed by atoms with van der Waals surface area (Å²) >= 11 is 0. The molecule has 2 aromatic rings. The van der Waals surface area contributed by atoms with Gasteiger partial charge in [-0.2, -0.15) is 0 Å². The van der Waals surface area contributed by atoms with Crippen molar-refractivity contribution in [2.24, 2.45) is 5.92 Å². The average molecular weight is 578 g/mol. The third kappa shape index (κ3) is 6.13. The van der Waals surface area contributed by atoms with E-state index in [4.69, 9.17) is 14.2 Å². The van der Waals surface area contributed by atoms with Crippen LogP contribution >= 0.6 is 0 Å². The lowest BCUT2D eigenvalue weighted by Crippen LogP contribution is -2.60. The second-order valence-corrected chi connectivity index (χ2v) is 11.1. The van der Waals surface area contributed by atoms with Gasteiger partial charge in [0.05, 0.1) is 32.7 Å². The zero-order chi connectivity index (χ0) is 29.7. The smallest absolute Gasteiger partial charge is 0.309 e. The molecule has 0 N–H and O–H groups in total. The summed E-state index contributed by atoms with van der Waals surface area (Å²) in [5, 5.41) is 0. The fourth-order valence-electron chi connectivity index (χ4n) is 6.22. The maximum absolute atomic E-state index is 14.1. The quantitative estimate of drug-likeness (QED) is 0.466. The number of benzene rings is 2. The Morgan fingerprint density at radius 3 is 2.19 bits per heavy atom. The van der Waals surface area contributed by atoms with Gasteiger partial charge in [0, 0.05) is 44.6 Å². The van der Waals surface area contributed by atoms with Crippen molar-refractivity contribution >= 4 is 23.7 Å². The molecule has 0 radical (unpaired) electrons. The maximum Gasteiger partial charge on any atom is 0.309 e. The summed E-state index contributed by atoms with van der Waals surface area (Å²) in [5.41, 5.74) is 0.389. The van der Waals surface area contributed by atoms with Crippen LogP contribution in [0.4, 0.5) is 0 Å². The molecule has 0 bridgehead atoms. The van der Waals surface area contributed by atoms with Crippen molar-refractivity contribution < 1.29 is 33.4 Å². The standard InChI is InChI=1S/C32H39N3O7/c1-3-41-31(39)25-13-17-34(18-14-25)30(38)27-22-42-32(35(27)29(37)24-9-11-26(40-2)12-10-24)15-19-33(20-16-32)28(36)21-23-7-5-4-6-8-23/h4-12,25,27H,3,13-22H2,1-2H3/t27-/m1/s1. The number of piperidine rings is 2. The van der Waals surface area contributed by atoms with Crippen molar-refractivity contribution in [1.82, 2.24) is 14.7 Å². The van der Waals surface area contributed by atoms with E-state index in [1.54, 1.807) is 48.1 Å². The number of hydrogen-bond acceptors (Lipinski definition) is 7. The monoisotopic (exact) mass is 577 g/mol. The molecule has 224 valence electrons. The van der Waals surface area contributed by atoms with E-state index in [1.807, 2.05) is 35.2 Å². The van der Waals surface area contributed by atoms with Crippen LogP contribution in [0.1, 0.15) is 48.5 Å². The van der Waals surface area contributed by atoms with Crippen molar-refractivity contribution in [1.29, 1.82) is 0 Å². The largest absolute Gasteiger partial charge is 0.497 e. The van der Waals surface area contributed by atoms with Crippen LogP contribution in [-0.2, 0) is 30.3 Å². The first-order valence-electron chi connectivity index (χ1n) is 14.7. The normalized spacial score (nSPS) is 20.4. The topological polar surface area (TPSA) is 106 Å². The van der Waals surface area contributed by atoms with Gasteiger partial charge in [-0.05, 0) is 49.6 Å². The second-order valence-electron chi connectivity index (χ2n) is 11.1. The Hall–Kier alpha value is -3.92. The van der Waals surface area contributed by atoms with E-state index < -0.39 is 11.8 Å². The van der Waals surface area contributed by atoms with Gasteiger partial charge in [-0.15, -0.1) is 0 Å². The van der Waals surface area contributed by atoms with Gasteiger partial charge >= 0.3 is 5.97 Å². The Kier molecular flexibility index (Phi) is 9.11. The van der Waals surface area contributed by atoms with Gasteiger partial charge in [-0.3, -0.25) is 24.1 Å². The molecule has 1 atom stereocenters. The van der Waals surface area contributed by atoms with E-state index in [9.17, 15) is 19.2 Å². The Bertz CT molecular complexity index is 1270. The molecule has 3 heterocycles. The zero-order valence-electron chi connectivity index (χ0n) is 24.3. The molecule has 10 nitrogen and oxygen atoms in total. The molecule has 3 aliphatic heterocycles. The second kappa shape index (κ2) is 12.9. The lowest BCUT2D eigenvalue weighted by atomic mass is 9.94. The molecule has 1 spiro atoms. The van der Waals surface area contributed by atoms with Crippen molar-refractivity contribution in [2.45, 2.75) is 50.8 Å². The number of ether oxygens (including phenoxy) is 3. The molecule has 0 aliphatic carbocycles. The van der Waals surface area contributed by atoms with Gasteiger partial charge in [-0.1, -0.05) is 30.3 Å². The van der Waals surface area contributed by atoms with Crippen LogP contribution < -0.4 is 4.74 Å². The number of nitrogens with zero attached hydrogens (tertiary/aromatic N) is 3. The molecule has 3 amide bonds. The highest BCUT2D eigenvalue weighted by Gasteiger charge is 2.55. The predicted octanol–water partition coefficient (Wildman–Crippen LogP) is 2.90. The third-order valence-electron chi connectivity index (χ3n) is 8.62. The molecule has 3 aliphatic rings. The highest BCUT2D eigenvalue weighted by molar-refractivity contribution is 5.98. The summed E-state index contributed by atoms with van der Waals surface area (Å²) in [5.74, 6) is -0.273. The number of rotatable bonds is 7. The molecule has 0 aromatic heterocycles. The van der Waals surface area contributed by atoms with Crippen molar-refractivity contribution in [3.05, 3.63) is 65.7 Å². The van der Waals surface area contributed by atoms with Crippen LogP contribution in [0.15, 0.2) is 54.6 Å². The van der Waals surface area contributed by atoms with Gasteiger partial charge in [-0.25, -0.2) is 0 Å². The third-order valence-corrected chi connectivity index (χ3v) is 8.62. The molecule has 10 heteroatoms. The Morgan fingerprint density at radius 2 is 1.57 bits per heavy atom. The molecule has 3 saturated heterocycles. The first kappa shape index (κ1) is 29.6. The number of methoxy groups -OCH3 is 1. The Morgan fingerprint density at radius 1 is 0.905 bits per heavy atom. The molecular formula is C32H39N3O7. The number of esters is 1. The zero-order valence-corrected chi connectivity index (χ0v) is 24.3. The fraction of sp³-hybridized carbons (Fsp3) is 0.500. The summed E-state index contributed by atoms with van der Waals surface area (Å²) in [7, 11) is 1.56. The first-order valence-corrected chi connectivity index (χ1v) is 14.7. The maximum atomic E-state index is 14.1. The van der Waals surface area contributed by atoms with E-state index in [1.165, 1.54) is 0 Å². The lowest BCUT2D eigenvalue weighted by Gasteiger charge is -2.45. The minimum absolute atomic E-state index is 0.0270. The van der Waals surface area contributed by atoms with Crippen molar-refractivity contribution in [2.75, 3.05) is 46.5 Å². The average Bonchev–Trinajstić information content (AvgIpc) is 3.39. The Balaban J connectivity index is 1.32. The van der Waals surface area contributed by atoms with Crippen molar-refractivity contribution in [3.63, 3.8) is 0 Å². The van der Waals surface area contributed by atoms with Crippen LogP contribution in [0.25, 0.3) is 0 Å². The van der Waals surface area contributed by atoms with Gasteiger partial charge in [0.15, 0.2) is 0 Å². The lowest BCUT2D eigenvalue weighted by molar-refractivity contribution is -0.152. The summed E-state index contributed by atoms with van der Waals surface area (Å²) in [6.45, 7) is 3.86.